The topological polar surface area (TPSA) is 61.4 Å². The molecule has 20 heavy (non-hydrogen) atoms. The van der Waals surface area contributed by atoms with Crippen LogP contribution in [0, 0.1) is 0 Å². The predicted molar refractivity (Wildman–Crippen MR) is 83.5 cm³/mol. The van der Waals surface area contributed by atoms with Gasteiger partial charge in [0.2, 0.25) is 5.91 Å². The summed E-state index contributed by atoms with van der Waals surface area (Å²) in [6.45, 7) is 2.96. The second kappa shape index (κ2) is 9.34. The van der Waals surface area contributed by atoms with Crippen LogP contribution in [-0.2, 0) is 4.79 Å². The molecule has 0 fully saturated rings. The van der Waals surface area contributed by atoms with Crippen molar-refractivity contribution in [3.8, 4) is 0 Å². The second-order valence-electron chi connectivity index (χ2n) is 4.64. The van der Waals surface area contributed by atoms with Crippen LogP contribution in [0.25, 0.3) is 0 Å². The SMILES string of the molecule is CC(=O)Nc1ccccc1C(=O)NCCCN(C)C.Cl. The fourth-order valence-electron chi connectivity index (χ4n) is 1.67. The number of halogens is 1. The molecule has 0 atom stereocenters. The lowest BCUT2D eigenvalue weighted by molar-refractivity contribution is -0.114. The quantitative estimate of drug-likeness (QED) is 0.787. The third-order valence-electron chi connectivity index (χ3n) is 2.55. The summed E-state index contributed by atoms with van der Waals surface area (Å²) in [6.07, 6.45) is 0.890. The Hall–Kier alpha value is -1.59. The first-order valence-electron chi connectivity index (χ1n) is 6.30. The molecule has 0 aliphatic heterocycles. The van der Waals surface area contributed by atoms with Gasteiger partial charge in [-0.15, -0.1) is 12.4 Å². The van der Waals surface area contributed by atoms with E-state index < -0.39 is 0 Å². The fourth-order valence-corrected chi connectivity index (χ4v) is 1.67. The van der Waals surface area contributed by atoms with Crippen LogP contribution < -0.4 is 10.6 Å². The molecule has 1 aromatic carbocycles. The van der Waals surface area contributed by atoms with Gasteiger partial charge in [-0.3, -0.25) is 9.59 Å². The van der Waals surface area contributed by atoms with Gasteiger partial charge in [0.1, 0.15) is 0 Å². The van der Waals surface area contributed by atoms with Crippen molar-refractivity contribution >= 4 is 29.9 Å². The molecule has 0 aromatic heterocycles. The highest BCUT2D eigenvalue weighted by molar-refractivity contribution is 6.03. The van der Waals surface area contributed by atoms with Crippen molar-refractivity contribution in [2.75, 3.05) is 32.5 Å². The van der Waals surface area contributed by atoms with Crippen molar-refractivity contribution in [2.45, 2.75) is 13.3 Å². The van der Waals surface area contributed by atoms with Crippen molar-refractivity contribution < 1.29 is 9.59 Å². The van der Waals surface area contributed by atoms with E-state index in [0.717, 1.165) is 13.0 Å². The van der Waals surface area contributed by atoms with Crippen LogP contribution in [0.3, 0.4) is 0 Å². The predicted octanol–water partition coefficient (Wildman–Crippen LogP) is 1.75. The summed E-state index contributed by atoms with van der Waals surface area (Å²) >= 11 is 0. The molecule has 1 rings (SSSR count). The van der Waals surface area contributed by atoms with Gasteiger partial charge in [0.25, 0.3) is 5.91 Å². The Morgan fingerprint density at radius 3 is 2.45 bits per heavy atom. The van der Waals surface area contributed by atoms with Crippen molar-refractivity contribution in [1.82, 2.24) is 10.2 Å². The summed E-state index contributed by atoms with van der Waals surface area (Å²) in [5, 5.41) is 5.51. The van der Waals surface area contributed by atoms with E-state index in [1.165, 1.54) is 6.92 Å². The van der Waals surface area contributed by atoms with Crippen LogP contribution in [0.15, 0.2) is 24.3 Å². The van der Waals surface area contributed by atoms with Crippen LogP contribution in [0.4, 0.5) is 5.69 Å². The summed E-state index contributed by atoms with van der Waals surface area (Å²) < 4.78 is 0. The lowest BCUT2D eigenvalue weighted by atomic mass is 10.1. The zero-order valence-corrected chi connectivity index (χ0v) is 12.9. The number of hydrogen-bond donors (Lipinski definition) is 2. The molecule has 0 radical (unpaired) electrons. The minimum Gasteiger partial charge on any atom is -0.352 e. The first-order valence-corrected chi connectivity index (χ1v) is 6.30. The van der Waals surface area contributed by atoms with Gasteiger partial charge in [-0.2, -0.15) is 0 Å². The monoisotopic (exact) mass is 299 g/mol. The number of amides is 2. The Labute approximate surface area is 126 Å². The van der Waals surface area contributed by atoms with E-state index >= 15 is 0 Å². The van der Waals surface area contributed by atoms with Crippen molar-refractivity contribution in [2.24, 2.45) is 0 Å². The summed E-state index contributed by atoms with van der Waals surface area (Å²) in [7, 11) is 3.99. The maximum atomic E-state index is 12.0. The number of rotatable bonds is 6. The van der Waals surface area contributed by atoms with Crippen LogP contribution in [-0.4, -0.2) is 43.9 Å². The fraction of sp³-hybridized carbons (Fsp3) is 0.429. The minimum atomic E-state index is -0.187. The molecule has 5 nitrogen and oxygen atoms in total. The zero-order chi connectivity index (χ0) is 14.3. The molecule has 2 N–H and O–H groups in total. The molecule has 2 amide bonds. The van der Waals surface area contributed by atoms with E-state index in [2.05, 4.69) is 15.5 Å². The Kier molecular flexibility index (Phi) is 8.59. The highest BCUT2D eigenvalue weighted by Crippen LogP contribution is 2.14. The number of nitrogens with one attached hydrogen (secondary N) is 2. The third kappa shape index (κ3) is 6.54. The Morgan fingerprint density at radius 1 is 1.20 bits per heavy atom. The number of benzene rings is 1. The third-order valence-corrected chi connectivity index (χ3v) is 2.55. The average molecular weight is 300 g/mol. The van der Waals surface area contributed by atoms with Gasteiger partial charge in [-0.25, -0.2) is 0 Å². The summed E-state index contributed by atoms with van der Waals surface area (Å²) in [4.78, 5) is 25.2. The maximum absolute atomic E-state index is 12.0. The molecule has 112 valence electrons. The summed E-state index contributed by atoms with van der Waals surface area (Å²) in [5.41, 5.74) is 1.03. The number of carbonyl (C=O) groups is 2. The normalized spacial score (nSPS) is 9.80. The van der Waals surface area contributed by atoms with Gasteiger partial charge >= 0.3 is 0 Å². The summed E-state index contributed by atoms with van der Waals surface area (Å²) in [5.74, 6) is -0.351. The highest BCUT2D eigenvalue weighted by Gasteiger charge is 2.10. The Balaban J connectivity index is 0.00000361. The molecule has 0 unspecified atom stereocenters. The molecule has 0 aliphatic rings. The highest BCUT2D eigenvalue weighted by atomic mass is 35.5. The molecule has 0 saturated carbocycles. The first kappa shape index (κ1) is 18.4. The molecule has 1 aromatic rings. The van der Waals surface area contributed by atoms with Gasteiger partial charge in [0.15, 0.2) is 0 Å². The van der Waals surface area contributed by atoms with Gasteiger partial charge in [-0.05, 0) is 39.2 Å². The largest absolute Gasteiger partial charge is 0.352 e. The van der Waals surface area contributed by atoms with E-state index in [-0.39, 0.29) is 24.2 Å². The van der Waals surface area contributed by atoms with Crippen LogP contribution >= 0.6 is 12.4 Å². The zero-order valence-electron chi connectivity index (χ0n) is 12.1. The van der Waals surface area contributed by atoms with Gasteiger partial charge in [-0.1, -0.05) is 12.1 Å². The van der Waals surface area contributed by atoms with Crippen molar-refractivity contribution in [1.29, 1.82) is 0 Å². The Bertz CT molecular complexity index is 450. The first-order chi connectivity index (χ1) is 9.00. The number of anilines is 1. The Morgan fingerprint density at radius 2 is 1.85 bits per heavy atom. The lowest BCUT2D eigenvalue weighted by Crippen LogP contribution is -2.28. The van der Waals surface area contributed by atoms with Crippen LogP contribution in [0.2, 0.25) is 0 Å². The van der Waals surface area contributed by atoms with E-state index in [1.807, 2.05) is 14.1 Å². The number of hydrogen-bond acceptors (Lipinski definition) is 3. The molecule has 0 bridgehead atoms. The van der Waals surface area contributed by atoms with Gasteiger partial charge in [0, 0.05) is 13.5 Å². The molecule has 0 spiro atoms. The van der Waals surface area contributed by atoms with Crippen LogP contribution in [0.5, 0.6) is 0 Å². The molecular formula is C14H22ClN3O2. The van der Waals surface area contributed by atoms with Gasteiger partial charge in [0.05, 0.1) is 11.3 Å². The molecular weight excluding hydrogens is 278 g/mol. The van der Waals surface area contributed by atoms with Crippen molar-refractivity contribution in [3.05, 3.63) is 29.8 Å². The summed E-state index contributed by atoms with van der Waals surface area (Å²) in [6, 6.07) is 6.98. The van der Waals surface area contributed by atoms with E-state index in [1.54, 1.807) is 24.3 Å². The average Bonchev–Trinajstić information content (AvgIpc) is 2.34. The number of carbonyl (C=O) groups excluding carboxylic acids is 2. The smallest absolute Gasteiger partial charge is 0.253 e. The van der Waals surface area contributed by atoms with Crippen molar-refractivity contribution in [3.63, 3.8) is 0 Å². The lowest BCUT2D eigenvalue weighted by Gasteiger charge is -2.12. The van der Waals surface area contributed by atoms with Gasteiger partial charge < -0.3 is 15.5 Å². The molecule has 0 saturated heterocycles. The van der Waals surface area contributed by atoms with E-state index in [4.69, 9.17) is 0 Å². The number of para-hydroxylation sites is 1. The minimum absolute atomic E-state index is 0. The molecule has 0 heterocycles. The molecule has 0 aliphatic carbocycles. The standard InChI is InChI=1S/C14H21N3O2.ClH/c1-11(18)16-13-8-5-4-7-12(13)14(19)15-9-6-10-17(2)3;/h4-5,7-8H,6,9-10H2,1-3H3,(H,15,19)(H,16,18);1H. The molecule has 6 heteroatoms. The van der Waals surface area contributed by atoms with Crippen LogP contribution in [0.1, 0.15) is 23.7 Å². The van der Waals surface area contributed by atoms with E-state index in [0.29, 0.717) is 17.8 Å². The maximum Gasteiger partial charge on any atom is 0.253 e. The number of nitrogens with zero attached hydrogens (tertiary/aromatic N) is 1. The van der Waals surface area contributed by atoms with E-state index in [9.17, 15) is 9.59 Å². The second-order valence-corrected chi connectivity index (χ2v) is 4.64.